The summed E-state index contributed by atoms with van der Waals surface area (Å²) in [4.78, 5) is 12.1. The van der Waals surface area contributed by atoms with Crippen molar-refractivity contribution in [2.24, 2.45) is 11.8 Å². The average Bonchev–Trinajstić information content (AvgIpc) is 2.44. The van der Waals surface area contributed by atoms with Crippen molar-refractivity contribution in [3.8, 4) is 5.75 Å². The van der Waals surface area contributed by atoms with Gasteiger partial charge in [0.05, 0.1) is 13.2 Å². The van der Waals surface area contributed by atoms with Gasteiger partial charge in [0.25, 0.3) is 0 Å². The quantitative estimate of drug-likeness (QED) is 0.769. The molecule has 2 unspecified atom stereocenters. The standard InChI is InChI=1S/C17H24O3/c1-12-8-13(2)10-16(9-12)20-11-17(18)14-4-6-15(19-3)7-5-14/h4-7,12-13,16H,8-11H2,1-3H3. The number of carbonyl (C=O) groups excluding carboxylic acids is 1. The van der Waals surface area contributed by atoms with Crippen LogP contribution in [0.1, 0.15) is 43.5 Å². The average molecular weight is 276 g/mol. The van der Waals surface area contributed by atoms with E-state index in [1.165, 1.54) is 6.42 Å². The Hall–Kier alpha value is -1.35. The Morgan fingerprint density at radius 2 is 1.70 bits per heavy atom. The molecule has 0 amide bonds. The van der Waals surface area contributed by atoms with E-state index in [1.807, 2.05) is 0 Å². The molecule has 110 valence electrons. The van der Waals surface area contributed by atoms with Crippen LogP contribution >= 0.6 is 0 Å². The fraction of sp³-hybridized carbons (Fsp3) is 0.588. The van der Waals surface area contributed by atoms with Crippen LogP contribution in [0.2, 0.25) is 0 Å². The van der Waals surface area contributed by atoms with E-state index < -0.39 is 0 Å². The molecule has 0 spiro atoms. The Kier molecular flexibility index (Phi) is 5.18. The van der Waals surface area contributed by atoms with Gasteiger partial charge in [0.15, 0.2) is 5.78 Å². The molecule has 1 saturated carbocycles. The molecule has 0 aliphatic heterocycles. The summed E-state index contributed by atoms with van der Waals surface area (Å²) in [6.07, 6.45) is 3.64. The maximum absolute atomic E-state index is 12.1. The maximum atomic E-state index is 12.1. The third-order valence-electron chi connectivity index (χ3n) is 4.00. The van der Waals surface area contributed by atoms with Gasteiger partial charge in [-0.25, -0.2) is 0 Å². The number of methoxy groups -OCH3 is 1. The van der Waals surface area contributed by atoms with E-state index in [0.29, 0.717) is 17.4 Å². The lowest BCUT2D eigenvalue weighted by Gasteiger charge is -2.31. The number of benzene rings is 1. The summed E-state index contributed by atoms with van der Waals surface area (Å²) in [5, 5.41) is 0. The molecule has 0 N–H and O–H groups in total. The van der Waals surface area contributed by atoms with E-state index in [0.717, 1.165) is 18.6 Å². The van der Waals surface area contributed by atoms with E-state index in [1.54, 1.807) is 31.4 Å². The molecular formula is C17H24O3. The van der Waals surface area contributed by atoms with Crippen LogP contribution < -0.4 is 4.74 Å². The highest BCUT2D eigenvalue weighted by atomic mass is 16.5. The smallest absolute Gasteiger partial charge is 0.188 e. The molecule has 3 heteroatoms. The van der Waals surface area contributed by atoms with Gasteiger partial charge in [-0.15, -0.1) is 0 Å². The first-order chi connectivity index (χ1) is 9.58. The molecule has 2 atom stereocenters. The molecule has 0 bridgehead atoms. The van der Waals surface area contributed by atoms with Crippen molar-refractivity contribution in [1.29, 1.82) is 0 Å². The predicted molar refractivity (Wildman–Crippen MR) is 79.2 cm³/mol. The van der Waals surface area contributed by atoms with Crippen LogP contribution in [0, 0.1) is 11.8 Å². The number of hydrogen-bond donors (Lipinski definition) is 0. The zero-order chi connectivity index (χ0) is 14.5. The van der Waals surface area contributed by atoms with Crippen molar-refractivity contribution in [3.63, 3.8) is 0 Å². The minimum absolute atomic E-state index is 0.0403. The molecule has 1 fully saturated rings. The largest absolute Gasteiger partial charge is 0.497 e. The van der Waals surface area contributed by atoms with Gasteiger partial charge in [0.2, 0.25) is 0 Å². The normalized spacial score (nSPS) is 26.2. The molecule has 2 rings (SSSR count). The van der Waals surface area contributed by atoms with Gasteiger partial charge < -0.3 is 9.47 Å². The van der Waals surface area contributed by atoms with E-state index in [2.05, 4.69) is 13.8 Å². The first-order valence-corrected chi connectivity index (χ1v) is 7.37. The van der Waals surface area contributed by atoms with E-state index in [9.17, 15) is 4.79 Å². The number of carbonyl (C=O) groups is 1. The van der Waals surface area contributed by atoms with Gasteiger partial charge in [0.1, 0.15) is 12.4 Å². The van der Waals surface area contributed by atoms with Gasteiger partial charge in [0, 0.05) is 5.56 Å². The number of hydrogen-bond acceptors (Lipinski definition) is 3. The predicted octanol–water partition coefficient (Wildman–Crippen LogP) is 3.72. The van der Waals surface area contributed by atoms with Crippen LogP contribution in [0.25, 0.3) is 0 Å². The lowest BCUT2D eigenvalue weighted by atomic mass is 9.82. The minimum atomic E-state index is 0.0403. The van der Waals surface area contributed by atoms with Crippen LogP contribution in [-0.4, -0.2) is 25.6 Å². The van der Waals surface area contributed by atoms with Crippen molar-refractivity contribution in [1.82, 2.24) is 0 Å². The Balaban J connectivity index is 1.85. The van der Waals surface area contributed by atoms with Crippen LogP contribution in [-0.2, 0) is 4.74 Å². The molecule has 0 heterocycles. The number of rotatable bonds is 5. The molecule has 0 saturated heterocycles. The topological polar surface area (TPSA) is 35.5 Å². The highest BCUT2D eigenvalue weighted by molar-refractivity contribution is 5.97. The maximum Gasteiger partial charge on any atom is 0.188 e. The highest BCUT2D eigenvalue weighted by Gasteiger charge is 2.25. The number of ether oxygens (including phenoxy) is 2. The second-order valence-electron chi connectivity index (χ2n) is 6.00. The van der Waals surface area contributed by atoms with Crippen molar-refractivity contribution in [2.75, 3.05) is 13.7 Å². The van der Waals surface area contributed by atoms with Gasteiger partial charge >= 0.3 is 0 Å². The van der Waals surface area contributed by atoms with Gasteiger partial charge in [-0.2, -0.15) is 0 Å². The van der Waals surface area contributed by atoms with Crippen LogP contribution in [0.5, 0.6) is 5.75 Å². The Morgan fingerprint density at radius 1 is 1.10 bits per heavy atom. The second kappa shape index (κ2) is 6.89. The summed E-state index contributed by atoms with van der Waals surface area (Å²) >= 11 is 0. The van der Waals surface area contributed by atoms with Crippen molar-refractivity contribution < 1.29 is 14.3 Å². The second-order valence-corrected chi connectivity index (χ2v) is 6.00. The Bertz CT molecular complexity index is 428. The minimum Gasteiger partial charge on any atom is -0.497 e. The first kappa shape index (κ1) is 15.0. The molecule has 1 aliphatic rings. The number of ketones is 1. The summed E-state index contributed by atoms with van der Waals surface area (Å²) in [7, 11) is 1.62. The van der Waals surface area contributed by atoms with E-state index >= 15 is 0 Å². The van der Waals surface area contributed by atoms with Gasteiger partial charge in [-0.3, -0.25) is 4.79 Å². The molecule has 1 aromatic carbocycles. The third-order valence-corrected chi connectivity index (χ3v) is 4.00. The fourth-order valence-electron chi connectivity index (χ4n) is 3.06. The summed E-state index contributed by atoms with van der Waals surface area (Å²) < 4.78 is 10.9. The third kappa shape index (κ3) is 4.07. The Morgan fingerprint density at radius 3 is 2.25 bits per heavy atom. The zero-order valence-electron chi connectivity index (χ0n) is 12.6. The van der Waals surface area contributed by atoms with Crippen LogP contribution in [0.15, 0.2) is 24.3 Å². The van der Waals surface area contributed by atoms with Crippen molar-refractivity contribution >= 4 is 5.78 Å². The molecule has 0 radical (unpaired) electrons. The van der Waals surface area contributed by atoms with Crippen molar-refractivity contribution in [2.45, 2.75) is 39.2 Å². The number of Topliss-reactive ketones (excluding diaryl/α,β-unsaturated/α-hetero) is 1. The van der Waals surface area contributed by atoms with Gasteiger partial charge in [-0.05, 0) is 55.4 Å². The lowest BCUT2D eigenvalue weighted by Crippen LogP contribution is -2.28. The fourth-order valence-corrected chi connectivity index (χ4v) is 3.06. The van der Waals surface area contributed by atoms with E-state index in [4.69, 9.17) is 9.47 Å². The summed E-state index contributed by atoms with van der Waals surface area (Å²) in [6.45, 7) is 4.70. The SMILES string of the molecule is COc1ccc(C(=O)COC2CC(C)CC(C)C2)cc1. The Labute approximate surface area is 121 Å². The summed E-state index contributed by atoms with van der Waals surface area (Å²) in [6, 6.07) is 7.18. The van der Waals surface area contributed by atoms with Crippen LogP contribution in [0.3, 0.4) is 0 Å². The zero-order valence-corrected chi connectivity index (χ0v) is 12.6. The molecule has 20 heavy (non-hydrogen) atoms. The molecule has 1 aliphatic carbocycles. The van der Waals surface area contributed by atoms with Crippen molar-refractivity contribution in [3.05, 3.63) is 29.8 Å². The molecule has 3 nitrogen and oxygen atoms in total. The van der Waals surface area contributed by atoms with Gasteiger partial charge in [-0.1, -0.05) is 13.8 Å². The molecular weight excluding hydrogens is 252 g/mol. The summed E-state index contributed by atoms with van der Waals surface area (Å²) in [5.41, 5.74) is 0.683. The highest BCUT2D eigenvalue weighted by Crippen LogP contribution is 2.30. The summed E-state index contributed by atoms with van der Waals surface area (Å²) in [5.74, 6) is 2.19. The monoisotopic (exact) mass is 276 g/mol. The van der Waals surface area contributed by atoms with E-state index in [-0.39, 0.29) is 18.5 Å². The molecule has 0 aromatic heterocycles. The molecule has 1 aromatic rings. The van der Waals surface area contributed by atoms with Crippen LogP contribution in [0.4, 0.5) is 0 Å². The first-order valence-electron chi connectivity index (χ1n) is 7.37. The lowest BCUT2D eigenvalue weighted by molar-refractivity contribution is 0.00562.